The summed E-state index contributed by atoms with van der Waals surface area (Å²) in [6.45, 7) is 1.80. The van der Waals surface area contributed by atoms with Crippen molar-refractivity contribution in [3.05, 3.63) is 53.6 Å². The number of nitrogens with two attached hydrogens (primary N) is 1. The van der Waals surface area contributed by atoms with Crippen LogP contribution in [0, 0.1) is 0 Å². The molecular weight excluding hydrogens is 540 g/mol. The summed E-state index contributed by atoms with van der Waals surface area (Å²) in [5.41, 5.74) is 10.2. The van der Waals surface area contributed by atoms with Gasteiger partial charge >= 0.3 is 0 Å². The Morgan fingerprint density at radius 1 is 1.12 bits per heavy atom. The molecule has 0 spiro atoms. The number of carbonyl (C=O) groups is 2. The number of fused-ring (bicyclic) bond motifs is 5. The molecule has 214 valence electrons. The molecule has 0 radical (unpaired) electrons. The number of nitrogen functional groups attached to an aromatic ring is 1. The summed E-state index contributed by atoms with van der Waals surface area (Å²) < 4.78 is 11.6. The second-order valence-corrected chi connectivity index (χ2v) is 11.3. The smallest absolute Gasteiger partial charge is 0.256 e. The van der Waals surface area contributed by atoms with Gasteiger partial charge in [-0.15, -0.1) is 11.6 Å². The molecule has 0 bridgehead atoms. The van der Waals surface area contributed by atoms with Crippen molar-refractivity contribution in [3.63, 3.8) is 0 Å². The monoisotopic (exact) mass is 574 g/mol. The number of amides is 2. The zero-order valence-electron chi connectivity index (χ0n) is 23.3. The van der Waals surface area contributed by atoms with E-state index in [9.17, 15) is 9.59 Å². The summed E-state index contributed by atoms with van der Waals surface area (Å²) in [7, 11) is 1.57. The van der Waals surface area contributed by atoms with E-state index in [0.29, 0.717) is 53.9 Å². The van der Waals surface area contributed by atoms with Gasteiger partial charge in [-0.05, 0) is 55.2 Å². The molecule has 3 aliphatic heterocycles. The highest BCUT2D eigenvalue weighted by Crippen LogP contribution is 2.44. The first-order valence-corrected chi connectivity index (χ1v) is 14.9. The largest absolute Gasteiger partial charge is 0.493 e. The Bertz CT molecular complexity index is 1520. The normalized spacial score (nSPS) is 19.2. The van der Waals surface area contributed by atoms with Gasteiger partial charge in [0.25, 0.3) is 5.91 Å². The Balaban J connectivity index is 1.05. The number of aliphatic imine (C=N–C) groups is 1. The van der Waals surface area contributed by atoms with E-state index in [1.165, 1.54) is 0 Å². The lowest BCUT2D eigenvalue weighted by Gasteiger charge is -2.20. The first-order chi connectivity index (χ1) is 20.0. The van der Waals surface area contributed by atoms with Crippen molar-refractivity contribution in [2.75, 3.05) is 43.3 Å². The van der Waals surface area contributed by atoms with Gasteiger partial charge in [-0.25, -0.2) is 0 Å². The van der Waals surface area contributed by atoms with Crippen LogP contribution in [0.1, 0.15) is 60.4 Å². The number of benzene rings is 3. The van der Waals surface area contributed by atoms with Crippen LogP contribution in [-0.2, 0) is 4.79 Å². The summed E-state index contributed by atoms with van der Waals surface area (Å²) in [6.07, 6.45) is 6.62. The number of ether oxygens (including phenoxy) is 2. The number of rotatable bonds is 9. The number of carbonyl (C=O) groups excluding carboxylic acids is 2. The van der Waals surface area contributed by atoms with Gasteiger partial charge in [0.15, 0.2) is 11.5 Å². The fourth-order valence-electron chi connectivity index (χ4n) is 6.33. The molecule has 0 aliphatic carbocycles. The molecule has 2 amide bonds. The average molecular weight is 575 g/mol. The van der Waals surface area contributed by atoms with Gasteiger partial charge in [-0.3, -0.25) is 14.6 Å². The minimum Gasteiger partial charge on any atom is -0.493 e. The highest BCUT2D eigenvalue weighted by atomic mass is 35.5. The van der Waals surface area contributed by atoms with E-state index in [4.69, 9.17) is 26.8 Å². The average Bonchev–Trinajstić information content (AvgIpc) is 3.59. The second-order valence-electron chi connectivity index (χ2n) is 11.0. The lowest BCUT2D eigenvalue weighted by Crippen LogP contribution is -2.35. The summed E-state index contributed by atoms with van der Waals surface area (Å²) in [6, 6.07) is 13.6. The maximum absolute atomic E-state index is 13.3. The molecular formula is C32H35ClN4O4. The molecule has 9 heteroatoms. The van der Waals surface area contributed by atoms with Crippen molar-refractivity contribution in [1.82, 2.24) is 4.90 Å². The lowest BCUT2D eigenvalue weighted by molar-refractivity contribution is -0.118. The van der Waals surface area contributed by atoms with Crippen molar-refractivity contribution in [3.8, 4) is 11.5 Å². The van der Waals surface area contributed by atoms with Crippen LogP contribution in [0.3, 0.4) is 0 Å². The number of unbranched alkanes of at least 4 members (excludes halogenated alkanes) is 2. The van der Waals surface area contributed by atoms with Crippen molar-refractivity contribution in [2.24, 2.45) is 4.99 Å². The number of hydrogen-bond donors (Lipinski definition) is 1. The molecule has 8 nitrogen and oxygen atoms in total. The third-order valence-electron chi connectivity index (χ3n) is 8.44. The highest BCUT2D eigenvalue weighted by molar-refractivity contribution is 6.19. The summed E-state index contributed by atoms with van der Waals surface area (Å²) >= 11 is 6.34. The molecule has 3 aliphatic rings. The maximum Gasteiger partial charge on any atom is 0.256 e. The molecule has 3 aromatic carbocycles. The number of halogens is 1. The van der Waals surface area contributed by atoms with E-state index in [2.05, 4.69) is 11.1 Å². The van der Waals surface area contributed by atoms with Crippen LogP contribution < -0.4 is 20.1 Å². The van der Waals surface area contributed by atoms with Gasteiger partial charge < -0.3 is 25.0 Å². The minimum atomic E-state index is -0.0108. The Morgan fingerprint density at radius 3 is 2.76 bits per heavy atom. The molecule has 2 N–H and O–H groups in total. The Hall–Kier alpha value is -3.78. The zero-order chi connectivity index (χ0) is 28.5. The molecule has 1 saturated heterocycles. The predicted octanol–water partition coefficient (Wildman–Crippen LogP) is 6.06. The highest BCUT2D eigenvalue weighted by Gasteiger charge is 2.34. The maximum atomic E-state index is 13.3. The molecule has 41 heavy (non-hydrogen) atoms. The van der Waals surface area contributed by atoms with Crippen molar-refractivity contribution < 1.29 is 19.1 Å². The van der Waals surface area contributed by atoms with Crippen LogP contribution in [-0.4, -0.2) is 61.7 Å². The second kappa shape index (κ2) is 11.6. The van der Waals surface area contributed by atoms with Crippen LogP contribution in [0.25, 0.3) is 10.8 Å². The third kappa shape index (κ3) is 5.10. The van der Waals surface area contributed by atoms with Crippen LogP contribution in [0.2, 0.25) is 0 Å². The number of anilines is 2. The van der Waals surface area contributed by atoms with Crippen molar-refractivity contribution >= 4 is 57.5 Å². The van der Waals surface area contributed by atoms with Crippen LogP contribution in [0.4, 0.5) is 17.1 Å². The van der Waals surface area contributed by atoms with E-state index in [1.54, 1.807) is 19.2 Å². The van der Waals surface area contributed by atoms with Gasteiger partial charge in [-0.2, -0.15) is 0 Å². The lowest BCUT2D eigenvalue weighted by atomic mass is 9.95. The van der Waals surface area contributed by atoms with E-state index < -0.39 is 0 Å². The quantitative estimate of drug-likeness (QED) is 0.190. The summed E-state index contributed by atoms with van der Waals surface area (Å²) in [5, 5.41) is 2.07. The molecule has 2 atom stereocenters. The standard InChI is InChI=1S/C32H35ClN4O4/c1-40-28-14-24-26(35-18-21-8-7-12-36(21)32(24)39)16-29(28)41-13-6-2-3-11-30(38)37-19-20(17-33)31-23-10-5-4-9-22(23)25(34)15-27(31)37/h4-5,9-10,14-16,18,20-21H,2-3,6-8,11-13,17,19,34H2,1H3/t20-,21+/m1/s1. The summed E-state index contributed by atoms with van der Waals surface area (Å²) in [5.74, 6) is 1.70. The van der Waals surface area contributed by atoms with E-state index in [1.807, 2.05) is 40.3 Å². The number of hydrogen-bond acceptors (Lipinski definition) is 6. The minimum absolute atomic E-state index is 0.0108. The van der Waals surface area contributed by atoms with Gasteiger partial charge in [-0.1, -0.05) is 24.3 Å². The van der Waals surface area contributed by atoms with Crippen LogP contribution in [0.5, 0.6) is 11.5 Å². The Kier molecular flexibility index (Phi) is 7.75. The molecule has 3 aromatic rings. The Labute approximate surface area is 245 Å². The third-order valence-corrected chi connectivity index (χ3v) is 8.81. The van der Waals surface area contributed by atoms with Crippen LogP contribution in [0.15, 0.2) is 47.5 Å². The molecule has 0 aromatic heterocycles. The van der Waals surface area contributed by atoms with Gasteiger partial charge in [0.05, 0.1) is 31.0 Å². The van der Waals surface area contributed by atoms with Crippen molar-refractivity contribution in [2.45, 2.75) is 50.5 Å². The number of alkyl halides is 1. The van der Waals surface area contributed by atoms with E-state index >= 15 is 0 Å². The fraction of sp³-hybridized carbons (Fsp3) is 0.406. The van der Waals surface area contributed by atoms with Crippen LogP contribution >= 0.6 is 11.6 Å². The molecule has 0 saturated carbocycles. The first-order valence-electron chi connectivity index (χ1n) is 14.4. The molecule has 1 fully saturated rings. The SMILES string of the molecule is COc1cc2c(cc1OCCCCCC(=O)N1C[C@@H](CCl)c3c1cc(N)c1ccccc31)N=C[C@@H]1CCCN1C2=O. The van der Waals surface area contributed by atoms with Gasteiger partial charge in [0.1, 0.15) is 0 Å². The van der Waals surface area contributed by atoms with Gasteiger partial charge in [0.2, 0.25) is 5.91 Å². The number of nitrogens with zero attached hydrogens (tertiary/aromatic N) is 3. The Morgan fingerprint density at radius 2 is 1.95 bits per heavy atom. The first kappa shape index (κ1) is 27.4. The number of methoxy groups -OCH3 is 1. The molecule has 6 rings (SSSR count). The van der Waals surface area contributed by atoms with Crippen molar-refractivity contribution in [1.29, 1.82) is 0 Å². The van der Waals surface area contributed by atoms with Gasteiger partial charge in [0, 0.05) is 60.4 Å². The fourth-order valence-corrected chi connectivity index (χ4v) is 6.58. The molecule has 0 unspecified atom stereocenters. The van der Waals surface area contributed by atoms with E-state index in [-0.39, 0.29) is 23.8 Å². The van der Waals surface area contributed by atoms with E-state index in [0.717, 1.165) is 60.7 Å². The summed E-state index contributed by atoms with van der Waals surface area (Å²) in [4.78, 5) is 34.7. The zero-order valence-corrected chi connectivity index (χ0v) is 24.0. The topological polar surface area (TPSA) is 97.5 Å². The predicted molar refractivity (Wildman–Crippen MR) is 163 cm³/mol. The molecule has 3 heterocycles.